The van der Waals surface area contributed by atoms with E-state index in [4.69, 9.17) is 16.2 Å². The first-order valence-electron chi connectivity index (χ1n) is 5.44. The van der Waals surface area contributed by atoms with Gasteiger partial charge in [0.2, 0.25) is 5.95 Å². The van der Waals surface area contributed by atoms with Crippen molar-refractivity contribution in [1.29, 1.82) is 0 Å². The summed E-state index contributed by atoms with van der Waals surface area (Å²) in [5.41, 5.74) is 11.8. The van der Waals surface area contributed by atoms with Crippen LogP contribution in [-0.2, 0) is 0 Å². The maximum absolute atomic E-state index is 5.54. The highest BCUT2D eigenvalue weighted by Crippen LogP contribution is 2.18. The Balaban J connectivity index is 2.10. The van der Waals surface area contributed by atoms with E-state index >= 15 is 0 Å². The fourth-order valence-corrected chi connectivity index (χ4v) is 1.33. The molecule has 0 aliphatic heterocycles. The molecule has 18 heavy (non-hydrogen) atoms. The monoisotopic (exact) mass is 246 g/mol. The molecular formula is C11H14N6O. The summed E-state index contributed by atoms with van der Waals surface area (Å²) in [5.74, 6) is 1.37. The van der Waals surface area contributed by atoms with Crippen molar-refractivity contribution in [3.8, 4) is 5.75 Å². The van der Waals surface area contributed by atoms with Gasteiger partial charge in [0.15, 0.2) is 11.6 Å². The minimum absolute atomic E-state index is 0.118. The van der Waals surface area contributed by atoms with E-state index in [1.807, 2.05) is 31.2 Å². The van der Waals surface area contributed by atoms with Crippen molar-refractivity contribution in [2.75, 3.05) is 23.4 Å². The third-order valence-corrected chi connectivity index (χ3v) is 2.16. The van der Waals surface area contributed by atoms with Crippen LogP contribution in [0.4, 0.5) is 23.3 Å². The molecule has 0 saturated heterocycles. The molecule has 1 heterocycles. The molecule has 0 aliphatic carbocycles. The molecule has 5 N–H and O–H groups in total. The Kier molecular flexibility index (Phi) is 3.42. The summed E-state index contributed by atoms with van der Waals surface area (Å²) in [6.45, 7) is 2.57. The second kappa shape index (κ2) is 5.17. The zero-order chi connectivity index (χ0) is 13.0. The Morgan fingerprint density at radius 3 is 2.44 bits per heavy atom. The van der Waals surface area contributed by atoms with Crippen molar-refractivity contribution in [2.45, 2.75) is 6.92 Å². The van der Waals surface area contributed by atoms with Gasteiger partial charge in [-0.15, -0.1) is 10.2 Å². The predicted molar refractivity (Wildman–Crippen MR) is 69.5 cm³/mol. The second-order valence-electron chi connectivity index (χ2n) is 3.49. The van der Waals surface area contributed by atoms with Crippen LogP contribution in [0.2, 0.25) is 0 Å². The van der Waals surface area contributed by atoms with Gasteiger partial charge in [0.05, 0.1) is 6.61 Å². The Morgan fingerprint density at radius 1 is 1.11 bits per heavy atom. The zero-order valence-corrected chi connectivity index (χ0v) is 9.92. The molecule has 0 unspecified atom stereocenters. The van der Waals surface area contributed by atoms with Crippen LogP contribution in [0, 0.1) is 0 Å². The van der Waals surface area contributed by atoms with Gasteiger partial charge >= 0.3 is 0 Å². The SMILES string of the molecule is CCOc1ccc(Nc2nnc(N)c(N)n2)cc1. The van der Waals surface area contributed by atoms with Crippen molar-refractivity contribution in [2.24, 2.45) is 0 Å². The molecule has 0 atom stereocenters. The quantitative estimate of drug-likeness (QED) is 0.742. The van der Waals surface area contributed by atoms with Crippen LogP contribution < -0.4 is 21.5 Å². The van der Waals surface area contributed by atoms with Crippen LogP contribution >= 0.6 is 0 Å². The molecule has 0 saturated carbocycles. The summed E-state index contributed by atoms with van der Waals surface area (Å²) in [6.07, 6.45) is 0. The van der Waals surface area contributed by atoms with Gasteiger partial charge in [-0.25, -0.2) is 0 Å². The number of anilines is 4. The second-order valence-corrected chi connectivity index (χ2v) is 3.49. The molecule has 0 amide bonds. The standard InChI is InChI=1S/C11H14N6O/c1-2-18-8-5-3-7(4-6-8)14-11-15-9(12)10(13)16-17-11/h3-6H,2H2,1H3,(H2,13,16)(H3,12,14,15,17). The third kappa shape index (κ3) is 2.76. The largest absolute Gasteiger partial charge is 0.494 e. The molecule has 7 nitrogen and oxygen atoms in total. The van der Waals surface area contributed by atoms with Crippen LogP contribution in [0.5, 0.6) is 5.75 Å². The molecule has 2 rings (SSSR count). The lowest BCUT2D eigenvalue weighted by atomic mass is 10.3. The Morgan fingerprint density at radius 2 is 1.83 bits per heavy atom. The summed E-state index contributed by atoms with van der Waals surface area (Å²) in [6, 6.07) is 7.39. The number of hydrogen-bond acceptors (Lipinski definition) is 7. The van der Waals surface area contributed by atoms with Crippen LogP contribution in [0.25, 0.3) is 0 Å². The van der Waals surface area contributed by atoms with Gasteiger partial charge in [-0.3, -0.25) is 0 Å². The fraction of sp³-hybridized carbons (Fsp3) is 0.182. The number of nitrogens with zero attached hydrogens (tertiary/aromatic N) is 3. The molecule has 1 aromatic heterocycles. The average Bonchev–Trinajstić information content (AvgIpc) is 2.37. The number of nitrogens with one attached hydrogen (secondary N) is 1. The summed E-state index contributed by atoms with van der Waals surface area (Å²) >= 11 is 0. The van der Waals surface area contributed by atoms with Gasteiger partial charge < -0.3 is 21.5 Å². The number of aromatic nitrogens is 3. The van der Waals surface area contributed by atoms with Crippen molar-refractivity contribution in [3.05, 3.63) is 24.3 Å². The zero-order valence-electron chi connectivity index (χ0n) is 9.92. The lowest BCUT2D eigenvalue weighted by Crippen LogP contribution is -2.06. The van der Waals surface area contributed by atoms with E-state index in [1.165, 1.54) is 0 Å². The molecule has 0 spiro atoms. The first-order valence-corrected chi connectivity index (χ1v) is 5.44. The molecule has 0 radical (unpaired) electrons. The summed E-state index contributed by atoms with van der Waals surface area (Å²) in [7, 11) is 0. The summed E-state index contributed by atoms with van der Waals surface area (Å²) in [5, 5.41) is 10.4. The molecule has 0 aliphatic rings. The van der Waals surface area contributed by atoms with Crippen LogP contribution in [0.1, 0.15) is 6.92 Å². The highest BCUT2D eigenvalue weighted by Gasteiger charge is 2.03. The Labute approximate surface area is 104 Å². The number of benzene rings is 1. The van der Waals surface area contributed by atoms with Crippen molar-refractivity contribution in [3.63, 3.8) is 0 Å². The maximum Gasteiger partial charge on any atom is 0.249 e. The topological polar surface area (TPSA) is 112 Å². The van der Waals surface area contributed by atoms with Gasteiger partial charge in [-0.05, 0) is 31.2 Å². The Bertz CT molecular complexity index is 528. The van der Waals surface area contributed by atoms with E-state index in [1.54, 1.807) is 0 Å². The number of nitrogen functional groups attached to an aromatic ring is 2. The normalized spacial score (nSPS) is 10.1. The first kappa shape index (κ1) is 11.9. The summed E-state index contributed by atoms with van der Waals surface area (Å²) < 4.78 is 5.34. The third-order valence-electron chi connectivity index (χ3n) is 2.16. The van der Waals surface area contributed by atoms with E-state index in [-0.39, 0.29) is 11.6 Å². The van der Waals surface area contributed by atoms with Gasteiger partial charge in [0.1, 0.15) is 5.75 Å². The highest BCUT2D eigenvalue weighted by molar-refractivity contribution is 5.58. The lowest BCUT2D eigenvalue weighted by molar-refractivity contribution is 0.340. The molecule has 0 fully saturated rings. The molecular weight excluding hydrogens is 232 g/mol. The lowest BCUT2D eigenvalue weighted by Gasteiger charge is -2.07. The molecule has 0 bridgehead atoms. The molecule has 1 aromatic carbocycles. The van der Waals surface area contributed by atoms with Crippen molar-refractivity contribution >= 4 is 23.3 Å². The van der Waals surface area contributed by atoms with Crippen molar-refractivity contribution in [1.82, 2.24) is 15.2 Å². The number of nitrogens with two attached hydrogens (primary N) is 2. The number of hydrogen-bond donors (Lipinski definition) is 3. The molecule has 2 aromatic rings. The highest BCUT2D eigenvalue weighted by atomic mass is 16.5. The summed E-state index contributed by atoms with van der Waals surface area (Å²) in [4.78, 5) is 3.96. The van der Waals surface area contributed by atoms with Gasteiger partial charge in [0.25, 0.3) is 0 Å². The Hall–Kier alpha value is -2.57. The van der Waals surface area contributed by atoms with Crippen LogP contribution in [0.15, 0.2) is 24.3 Å². The smallest absolute Gasteiger partial charge is 0.249 e. The molecule has 94 valence electrons. The first-order chi connectivity index (χ1) is 8.69. The van der Waals surface area contributed by atoms with E-state index < -0.39 is 0 Å². The van der Waals surface area contributed by atoms with Crippen molar-refractivity contribution < 1.29 is 4.74 Å². The minimum Gasteiger partial charge on any atom is -0.494 e. The van der Waals surface area contributed by atoms with E-state index in [0.29, 0.717) is 12.6 Å². The van der Waals surface area contributed by atoms with Gasteiger partial charge in [-0.1, -0.05) is 0 Å². The predicted octanol–water partition coefficient (Wildman–Crippen LogP) is 1.18. The van der Waals surface area contributed by atoms with E-state index in [2.05, 4.69) is 20.5 Å². The average molecular weight is 246 g/mol. The van der Waals surface area contributed by atoms with Crippen LogP contribution in [0.3, 0.4) is 0 Å². The van der Waals surface area contributed by atoms with Gasteiger partial charge in [-0.2, -0.15) is 4.98 Å². The minimum atomic E-state index is 0.118. The van der Waals surface area contributed by atoms with E-state index in [9.17, 15) is 0 Å². The maximum atomic E-state index is 5.54. The number of ether oxygens (including phenoxy) is 1. The number of rotatable bonds is 4. The molecule has 7 heteroatoms. The van der Waals surface area contributed by atoms with Crippen LogP contribution in [-0.4, -0.2) is 21.8 Å². The fourth-order valence-electron chi connectivity index (χ4n) is 1.33. The van der Waals surface area contributed by atoms with E-state index in [0.717, 1.165) is 11.4 Å². The van der Waals surface area contributed by atoms with Gasteiger partial charge in [0, 0.05) is 5.69 Å².